The third-order valence-corrected chi connectivity index (χ3v) is 4.08. The molecule has 1 heterocycles. The van der Waals surface area contributed by atoms with Crippen molar-refractivity contribution in [3.05, 3.63) is 53.2 Å². The predicted molar refractivity (Wildman–Crippen MR) is 111 cm³/mol. The minimum atomic E-state index is -4.40. The number of aliphatic imine (C=N–C) groups is 1. The second-order valence-corrected chi connectivity index (χ2v) is 6.64. The molecule has 1 aromatic carbocycles. The summed E-state index contributed by atoms with van der Waals surface area (Å²) >= 11 is 0. The lowest BCUT2D eigenvalue weighted by molar-refractivity contribution is -0.154. The Balaban J connectivity index is 1.86. The van der Waals surface area contributed by atoms with E-state index in [4.69, 9.17) is 9.47 Å². The van der Waals surface area contributed by atoms with Gasteiger partial charge in [0.2, 0.25) is 5.88 Å². The molecule has 0 aliphatic rings. The average molecular weight is 440 g/mol. The fraction of sp³-hybridized carbons (Fsp3) is 0.429. The number of nitrogens with zero attached hydrogens (tertiary/aromatic N) is 2. The summed E-state index contributed by atoms with van der Waals surface area (Å²) in [5, 5.41) is 6.34. The van der Waals surface area contributed by atoms with E-state index in [1.807, 2.05) is 25.1 Å². The lowest BCUT2D eigenvalue weighted by Crippen LogP contribution is -2.36. The Morgan fingerprint density at radius 1 is 1.06 bits per heavy atom. The fourth-order valence-corrected chi connectivity index (χ4v) is 2.52. The van der Waals surface area contributed by atoms with E-state index in [9.17, 15) is 13.2 Å². The number of ether oxygens (including phenoxy) is 3. The van der Waals surface area contributed by atoms with Crippen molar-refractivity contribution in [3.63, 3.8) is 0 Å². The van der Waals surface area contributed by atoms with Crippen LogP contribution in [0, 0.1) is 6.92 Å². The maximum atomic E-state index is 12.2. The molecule has 0 aliphatic heterocycles. The van der Waals surface area contributed by atoms with Crippen molar-refractivity contribution < 1.29 is 27.4 Å². The standard InChI is InChI=1S/C21H27F3N4O3/c1-15-4-6-17(18(10-15)30-9-8-29-3)13-28-20(25-2)27-12-16-5-7-19(26-11-16)31-14-21(22,23)24/h4-7,10-11H,8-9,12-14H2,1-3H3,(H2,25,27,28). The van der Waals surface area contributed by atoms with Crippen LogP contribution in [0.3, 0.4) is 0 Å². The smallest absolute Gasteiger partial charge is 0.422 e. The molecule has 2 rings (SSSR count). The zero-order chi connectivity index (χ0) is 22.7. The molecule has 7 nitrogen and oxygen atoms in total. The van der Waals surface area contributed by atoms with E-state index < -0.39 is 12.8 Å². The Morgan fingerprint density at radius 3 is 2.48 bits per heavy atom. The van der Waals surface area contributed by atoms with Gasteiger partial charge < -0.3 is 24.8 Å². The van der Waals surface area contributed by atoms with Crippen LogP contribution in [0.5, 0.6) is 11.6 Å². The number of guanidine groups is 1. The van der Waals surface area contributed by atoms with Crippen molar-refractivity contribution in [2.75, 3.05) is 34.0 Å². The largest absolute Gasteiger partial charge is 0.491 e. The van der Waals surface area contributed by atoms with E-state index >= 15 is 0 Å². The molecule has 0 fully saturated rings. The Hall–Kier alpha value is -3.01. The third kappa shape index (κ3) is 9.12. The molecule has 0 amide bonds. The summed E-state index contributed by atoms with van der Waals surface area (Å²) in [5.41, 5.74) is 2.83. The highest BCUT2D eigenvalue weighted by Gasteiger charge is 2.28. The van der Waals surface area contributed by atoms with Gasteiger partial charge in [-0.1, -0.05) is 18.2 Å². The summed E-state index contributed by atoms with van der Waals surface area (Å²) in [6, 6.07) is 9.00. The Labute approximate surface area is 179 Å². The number of aromatic nitrogens is 1. The molecule has 0 saturated carbocycles. The molecular formula is C21H27F3N4O3. The molecule has 0 radical (unpaired) electrons. The quantitative estimate of drug-likeness (QED) is 0.336. The van der Waals surface area contributed by atoms with E-state index in [2.05, 4.69) is 25.3 Å². The highest BCUT2D eigenvalue weighted by Crippen LogP contribution is 2.20. The molecule has 0 bridgehead atoms. The summed E-state index contributed by atoms with van der Waals surface area (Å²) < 4.78 is 52.0. The van der Waals surface area contributed by atoms with Crippen molar-refractivity contribution in [2.45, 2.75) is 26.2 Å². The van der Waals surface area contributed by atoms with Crippen LogP contribution in [0.15, 0.2) is 41.5 Å². The Morgan fingerprint density at radius 2 is 1.84 bits per heavy atom. The van der Waals surface area contributed by atoms with Crippen LogP contribution in [0.4, 0.5) is 13.2 Å². The van der Waals surface area contributed by atoms with Crippen molar-refractivity contribution in [3.8, 4) is 11.6 Å². The zero-order valence-corrected chi connectivity index (χ0v) is 17.8. The Kier molecular flexibility index (Phi) is 9.39. The third-order valence-electron chi connectivity index (χ3n) is 4.08. The van der Waals surface area contributed by atoms with Gasteiger partial charge >= 0.3 is 6.18 Å². The number of hydrogen-bond acceptors (Lipinski definition) is 5. The summed E-state index contributed by atoms with van der Waals surface area (Å²) in [6.45, 7) is 2.45. The Bertz CT molecular complexity index is 843. The molecule has 2 aromatic rings. The van der Waals surface area contributed by atoms with Crippen LogP contribution in [0.2, 0.25) is 0 Å². The average Bonchev–Trinajstić information content (AvgIpc) is 2.74. The summed E-state index contributed by atoms with van der Waals surface area (Å²) in [7, 11) is 3.27. The number of nitrogens with one attached hydrogen (secondary N) is 2. The topological polar surface area (TPSA) is 77.0 Å². The van der Waals surface area contributed by atoms with Gasteiger partial charge in [-0.15, -0.1) is 0 Å². The van der Waals surface area contributed by atoms with Crippen LogP contribution in [-0.4, -0.2) is 51.1 Å². The number of benzene rings is 1. The van der Waals surface area contributed by atoms with Gasteiger partial charge in [-0.2, -0.15) is 13.2 Å². The first kappa shape index (κ1) is 24.3. The molecule has 0 unspecified atom stereocenters. The molecule has 1 aromatic heterocycles. The summed E-state index contributed by atoms with van der Waals surface area (Å²) in [4.78, 5) is 8.06. The maximum absolute atomic E-state index is 12.2. The van der Waals surface area contributed by atoms with Crippen molar-refractivity contribution >= 4 is 5.96 Å². The molecule has 10 heteroatoms. The van der Waals surface area contributed by atoms with Crippen molar-refractivity contribution in [1.82, 2.24) is 15.6 Å². The van der Waals surface area contributed by atoms with E-state index in [0.29, 0.717) is 32.3 Å². The molecule has 0 saturated heterocycles. The monoisotopic (exact) mass is 440 g/mol. The lowest BCUT2D eigenvalue weighted by Gasteiger charge is -2.15. The highest BCUT2D eigenvalue weighted by molar-refractivity contribution is 5.79. The summed E-state index contributed by atoms with van der Waals surface area (Å²) in [6.07, 6.45) is -2.94. The van der Waals surface area contributed by atoms with Gasteiger partial charge in [-0.25, -0.2) is 4.98 Å². The molecule has 2 N–H and O–H groups in total. The molecular weight excluding hydrogens is 413 g/mol. The number of methoxy groups -OCH3 is 1. The van der Waals surface area contributed by atoms with Gasteiger partial charge in [0.15, 0.2) is 12.6 Å². The maximum Gasteiger partial charge on any atom is 0.422 e. The number of alkyl halides is 3. The van der Waals surface area contributed by atoms with Crippen LogP contribution in [0.1, 0.15) is 16.7 Å². The van der Waals surface area contributed by atoms with Gasteiger partial charge in [-0.3, -0.25) is 4.99 Å². The van der Waals surface area contributed by atoms with Crippen molar-refractivity contribution in [2.24, 2.45) is 4.99 Å². The molecule has 170 valence electrons. The second kappa shape index (κ2) is 12.0. The number of halogens is 3. The van der Waals surface area contributed by atoms with E-state index in [0.717, 1.165) is 22.4 Å². The highest BCUT2D eigenvalue weighted by atomic mass is 19.4. The fourth-order valence-electron chi connectivity index (χ4n) is 2.52. The van der Waals surface area contributed by atoms with Gasteiger partial charge in [0, 0.05) is 45.1 Å². The van der Waals surface area contributed by atoms with Gasteiger partial charge in [0.05, 0.1) is 6.61 Å². The minimum absolute atomic E-state index is 0.0797. The van der Waals surface area contributed by atoms with Crippen LogP contribution >= 0.6 is 0 Å². The number of aryl methyl sites for hydroxylation is 1. The second-order valence-electron chi connectivity index (χ2n) is 6.64. The van der Waals surface area contributed by atoms with Crippen LogP contribution in [-0.2, 0) is 17.8 Å². The van der Waals surface area contributed by atoms with Crippen LogP contribution in [0.25, 0.3) is 0 Å². The predicted octanol–water partition coefficient (Wildman–Crippen LogP) is 3.22. The van der Waals surface area contributed by atoms with E-state index in [-0.39, 0.29) is 5.88 Å². The molecule has 0 aliphatic carbocycles. The lowest BCUT2D eigenvalue weighted by atomic mass is 10.1. The SMILES string of the molecule is CN=C(NCc1ccc(OCC(F)(F)F)nc1)NCc1ccc(C)cc1OCCOC. The van der Waals surface area contributed by atoms with Gasteiger partial charge in [0.25, 0.3) is 0 Å². The zero-order valence-electron chi connectivity index (χ0n) is 17.8. The van der Waals surface area contributed by atoms with Crippen LogP contribution < -0.4 is 20.1 Å². The number of rotatable bonds is 10. The summed E-state index contributed by atoms with van der Waals surface area (Å²) in [5.74, 6) is 1.25. The van der Waals surface area contributed by atoms with E-state index in [1.54, 1.807) is 20.2 Å². The van der Waals surface area contributed by atoms with E-state index in [1.165, 1.54) is 12.3 Å². The first-order valence-corrected chi connectivity index (χ1v) is 9.61. The number of pyridine rings is 1. The molecule has 0 atom stereocenters. The van der Waals surface area contributed by atoms with Gasteiger partial charge in [-0.05, 0) is 24.1 Å². The minimum Gasteiger partial charge on any atom is -0.491 e. The van der Waals surface area contributed by atoms with Gasteiger partial charge in [0.1, 0.15) is 12.4 Å². The van der Waals surface area contributed by atoms with Crippen molar-refractivity contribution in [1.29, 1.82) is 0 Å². The normalized spacial score (nSPS) is 11.9. The molecule has 0 spiro atoms. The number of hydrogen-bond donors (Lipinski definition) is 2. The first-order chi connectivity index (χ1) is 14.8. The first-order valence-electron chi connectivity index (χ1n) is 9.61. The molecule has 31 heavy (non-hydrogen) atoms.